The molecule has 0 fully saturated rings. The number of nitrogens with two attached hydrogens (primary N) is 1. The highest BCUT2D eigenvalue weighted by Crippen LogP contribution is 2.24. The first-order valence-electron chi connectivity index (χ1n) is 8.29. The fourth-order valence-corrected chi connectivity index (χ4v) is 2.47. The van der Waals surface area contributed by atoms with E-state index in [0.717, 1.165) is 24.3 Å². The Bertz CT molecular complexity index is 956. The molecule has 0 radical (unpaired) electrons. The fourth-order valence-electron chi connectivity index (χ4n) is 2.47. The molecular weight excluding hydrogens is 400 g/mol. The Morgan fingerprint density at radius 3 is 2.34 bits per heavy atom. The first-order valence-corrected chi connectivity index (χ1v) is 8.29. The standard InChI is InChI=1S/C19H17F6N3O/c1-9-3-6-13(17(22)16(9)21)28-18(29)10-4-5-11(12(20)7-10)14(27-2)8-15(26)19(23,24)25/h3-7,15H,8,26H2,1-2H3,(H,28,29). The molecular formula is C19H17F6N3O. The molecule has 0 spiro atoms. The largest absolute Gasteiger partial charge is 0.404 e. The number of carbonyl (C=O) groups excluding carboxylic acids is 1. The maximum Gasteiger partial charge on any atom is 0.404 e. The Hall–Kier alpha value is -2.88. The van der Waals surface area contributed by atoms with Crippen LogP contribution in [0, 0.1) is 24.4 Å². The van der Waals surface area contributed by atoms with E-state index in [9.17, 15) is 31.1 Å². The number of benzene rings is 2. The predicted molar refractivity (Wildman–Crippen MR) is 96.6 cm³/mol. The van der Waals surface area contributed by atoms with E-state index in [-0.39, 0.29) is 22.4 Å². The molecule has 0 saturated carbocycles. The third-order valence-corrected chi connectivity index (χ3v) is 4.17. The van der Waals surface area contributed by atoms with E-state index in [1.807, 2.05) is 0 Å². The van der Waals surface area contributed by atoms with E-state index >= 15 is 0 Å². The normalized spacial score (nSPS) is 13.3. The first-order chi connectivity index (χ1) is 13.5. The molecule has 10 heteroatoms. The fraction of sp³-hybridized carbons (Fsp3) is 0.263. The van der Waals surface area contributed by atoms with E-state index in [2.05, 4.69) is 10.3 Å². The van der Waals surface area contributed by atoms with Gasteiger partial charge in [-0.15, -0.1) is 0 Å². The smallest absolute Gasteiger partial charge is 0.320 e. The van der Waals surface area contributed by atoms with Crippen LogP contribution in [-0.4, -0.2) is 30.9 Å². The summed E-state index contributed by atoms with van der Waals surface area (Å²) in [5, 5.41) is 2.12. The Kier molecular flexibility index (Phi) is 6.68. The highest BCUT2D eigenvalue weighted by Gasteiger charge is 2.37. The third kappa shape index (κ3) is 5.14. The van der Waals surface area contributed by atoms with Gasteiger partial charge in [-0.2, -0.15) is 13.2 Å². The second-order valence-electron chi connectivity index (χ2n) is 6.23. The summed E-state index contributed by atoms with van der Waals surface area (Å²) in [7, 11) is 1.19. The van der Waals surface area contributed by atoms with E-state index in [0.29, 0.717) is 0 Å². The highest BCUT2D eigenvalue weighted by molar-refractivity contribution is 6.06. The number of alkyl halides is 3. The van der Waals surface area contributed by atoms with Gasteiger partial charge in [0, 0.05) is 30.3 Å². The second kappa shape index (κ2) is 8.64. The van der Waals surface area contributed by atoms with Crippen molar-refractivity contribution in [1.29, 1.82) is 0 Å². The van der Waals surface area contributed by atoms with Crippen LogP contribution in [0.25, 0.3) is 0 Å². The van der Waals surface area contributed by atoms with Gasteiger partial charge < -0.3 is 11.1 Å². The van der Waals surface area contributed by atoms with E-state index in [1.54, 1.807) is 0 Å². The maximum atomic E-state index is 14.4. The number of amides is 1. The van der Waals surface area contributed by atoms with Gasteiger partial charge in [-0.05, 0) is 36.8 Å². The van der Waals surface area contributed by atoms with Gasteiger partial charge in [-0.3, -0.25) is 9.79 Å². The van der Waals surface area contributed by atoms with Crippen LogP contribution in [0.15, 0.2) is 35.3 Å². The molecule has 3 N–H and O–H groups in total. The molecule has 2 rings (SSSR count). The number of anilines is 1. The average molecular weight is 417 g/mol. The molecule has 0 bridgehead atoms. The van der Waals surface area contributed by atoms with Crippen molar-refractivity contribution in [2.45, 2.75) is 25.6 Å². The van der Waals surface area contributed by atoms with Crippen molar-refractivity contribution in [3.05, 3.63) is 64.5 Å². The summed E-state index contributed by atoms with van der Waals surface area (Å²) < 4.78 is 79.8. The molecule has 1 amide bonds. The van der Waals surface area contributed by atoms with Crippen molar-refractivity contribution in [2.75, 3.05) is 12.4 Å². The van der Waals surface area contributed by atoms with Crippen LogP contribution in [0.3, 0.4) is 0 Å². The lowest BCUT2D eigenvalue weighted by Crippen LogP contribution is -2.39. The lowest BCUT2D eigenvalue weighted by Gasteiger charge is -2.17. The second-order valence-corrected chi connectivity index (χ2v) is 6.23. The molecule has 0 saturated heterocycles. The number of carbonyl (C=O) groups is 1. The summed E-state index contributed by atoms with van der Waals surface area (Å²) >= 11 is 0. The predicted octanol–water partition coefficient (Wildman–Crippen LogP) is 4.36. The Morgan fingerprint density at radius 2 is 1.79 bits per heavy atom. The molecule has 0 aliphatic rings. The van der Waals surface area contributed by atoms with Gasteiger partial charge in [0.25, 0.3) is 5.91 Å². The summed E-state index contributed by atoms with van der Waals surface area (Å²) in [5.41, 5.74) is 3.93. The summed E-state index contributed by atoms with van der Waals surface area (Å²) in [6.45, 7) is 1.34. The van der Waals surface area contributed by atoms with Crippen molar-refractivity contribution >= 4 is 17.3 Å². The lowest BCUT2D eigenvalue weighted by atomic mass is 10.0. The quantitative estimate of drug-likeness (QED) is 0.561. The van der Waals surface area contributed by atoms with Crippen LogP contribution in [-0.2, 0) is 0 Å². The van der Waals surface area contributed by atoms with Crippen molar-refractivity contribution in [3.63, 3.8) is 0 Å². The van der Waals surface area contributed by atoms with Gasteiger partial charge in [0.1, 0.15) is 11.9 Å². The summed E-state index contributed by atoms with van der Waals surface area (Å²) in [4.78, 5) is 15.9. The lowest BCUT2D eigenvalue weighted by molar-refractivity contribution is -0.145. The highest BCUT2D eigenvalue weighted by atomic mass is 19.4. The summed E-state index contributed by atoms with van der Waals surface area (Å²) in [5.74, 6) is -4.34. The number of halogens is 6. The van der Waals surface area contributed by atoms with Crippen LogP contribution in [0.5, 0.6) is 0 Å². The Labute approximate surface area is 162 Å². The van der Waals surface area contributed by atoms with Crippen LogP contribution in [0.2, 0.25) is 0 Å². The first kappa shape index (κ1) is 22.4. The van der Waals surface area contributed by atoms with Crippen LogP contribution < -0.4 is 11.1 Å². The van der Waals surface area contributed by atoms with Crippen molar-refractivity contribution < 1.29 is 31.1 Å². The van der Waals surface area contributed by atoms with Gasteiger partial charge in [-0.1, -0.05) is 6.07 Å². The zero-order valence-electron chi connectivity index (χ0n) is 15.4. The molecule has 2 aromatic carbocycles. The molecule has 1 atom stereocenters. The molecule has 2 aromatic rings. The number of nitrogens with zero attached hydrogens (tertiary/aromatic N) is 1. The van der Waals surface area contributed by atoms with Gasteiger partial charge in [0.05, 0.1) is 5.69 Å². The van der Waals surface area contributed by atoms with Crippen molar-refractivity contribution in [3.8, 4) is 0 Å². The minimum atomic E-state index is -4.68. The van der Waals surface area contributed by atoms with Gasteiger partial charge in [-0.25, -0.2) is 13.2 Å². The minimum absolute atomic E-state index is 0.0411. The van der Waals surface area contributed by atoms with Gasteiger partial charge in [0.15, 0.2) is 11.6 Å². The number of hydrogen-bond donors (Lipinski definition) is 2. The zero-order valence-corrected chi connectivity index (χ0v) is 15.4. The minimum Gasteiger partial charge on any atom is -0.320 e. The monoisotopic (exact) mass is 417 g/mol. The summed E-state index contributed by atoms with van der Waals surface area (Å²) in [6.07, 6.45) is -5.43. The molecule has 0 heterocycles. The third-order valence-electron chi connectivity index (χ3n) is 4.17. The molecule has 29 heavy (non-hydrogen) atoms. The van der Waals surface area contributed by atoms with E-state index in [1.165, 1.54) is 20.0 Å². The van der Waals surface area contributed by atoms with Crippen LogP contribution in [0.4, 0.5) is 32.0 Å². The van der Waals surface area contributed by atoms with Gasteiger partial charge >= 0.3 is 6.18 Å². The molecule has 4 nitrogen and oxygen atoms in total. The number of hydrogen-bond acceptors (Lipinski definition) is 3. The Morgan fingerprint density at radius 1 is 1.14 bits per heavy atom. The molecule has 0 aliphatic carbocycles. The SMILES string of the molecule is CN=C(CC(N)C(F)(F)F)c1ccc(C(=O)Nc2ccc(C)c(F)c2F)cc1F. The average Bonchev–Trinajstić information content (AvgIpc) is 2.65. The zero-order chi connectivity index (χ0) is 21.9. The number of aliphatic imine (C=N–C) groups is 1. The summed E-state index contributed by atoms with van der Waals surface area (Å²) in [6, 6.07) is 3.13. The number of nitrogens with one attached hydrogen (secondary N) is 1. The molecule has 156 valence electrons. The van der Waals surface area contributed by atoms with Gasteiger partial charge in [0.2, 0.25) is 0 Å². The van der Waals surface area contributed by atoms with Crippen LogP contribution in [0.1, 0.15) is 27.9 Å². The Balaban J connectivity index is 2.24. The molecule has 1 unspecified atom stereocenters. The van der Waals surface area contributed by atoms with Crippen LogP contribution >= 0.6 is 0 Å². The number of aryl methyl sites for hydroxylation is 1. The van der Waals surface area contributed by atoms with Crippen molar-refractivity contribution in [1.82, 2.24) is 0 Å². The van der Waals surface area contributed by atoms with Crippen molar-refractivity contribution in [2.24, 2.45) is 10.7 Å². The topological polar surface area (TPSA) is 67.5 Å². The number of rotatable bonds is 5. The molecule has 0 aliphatic heterocycles. The van der Waals surface area contributed by atoms with E-state index in [4.69, 9.17) is 5.73 Å². The molecule has 0 aromatic heterocycles. The maximum absolute atomic E-state index is 14.4. The van der Waals surface area contributed by atoms with E-state index < -0.39 is 47.7 Å².